The molecule has 13 heavy (non-hydrogen) atoms. The molecule has 2 heterocycles. The summed E-state index contributed by atoms with van der Waals surface area (Å²) < 4.78 is 1.60. The van der Waals surface area contributed by atoms with Crippen LogP contribution in [-0.4, -0.2) is 14.8 Å². The monoisotopic (exact) mass is 168 g/mol. The maximum atomic E-state index is 4.29. The van der Waals surface area contributed by atoms with Gasteiger partial charge in [-0.1, -0.05) is 18.2 Å². The zero-order chi connectivity index (χ0) is 8.67. The molecule has 0 atom stereocenters. The predicted molar refractivity (Wildman–Crippen MR) is 49.3 cm³/mol. The van der Waals surface area contributed by atoms with E-state index in [1.54, 1.807) is 10.7 Å². The fourth-order valence-electron chi connectivity index (χ4n) is 1.48. The molecule has 0 spiro atoms. The highest BCUT2D eigenvalue weighted by Gasteiger charge is 2.02. The Morgan fingerprint density at radius 2 is 2.08 bits per heavy atom. The molecular formula is C10H6N3. The van der Waals surface area contributed by atoms with E-state index >= 15 is 0 Å². The van der Waals surface area contributed by atoms with Crippen molar-refractivity contribution in [2.45, 2.75) is 0 Å². The fourth-order valence-corrected chi connectivity index (χ4v) is 1.48. The van der Waals surface area contributed by atoms with Gasteiger partial charge in [-0.05, 0) is 18.2 Å². The van der Waals surface area contributed by atoms with E-state index in [2.05, 4.69) is 16.4 Å². The Balaban J connectivity index is 2.64. The van der Waals surface area contributed by atoms with Gasteiger partial charge >= 0.3 is 0 Å². The number of fused-ring (bicyclic) bond motifs is 3. The second-order valence-electron chi connectivity index (χ2n) is 2.85. The van der Waals surface area contributed by atoms with Gasteiger partial charge in [-0.15, -0.1) is 14.8 Å². The fraction of sp³-hybridized carbons (Fsp3) is 0. The number of aromatic nitrogens is 3. The molecule has 3 nitrogen and oxygen atoms in total. The first-order valence-electron chi connectivity index (χ1n) is 4.06. The largest absolute Gasteiger partial charge is 0.150 e. The number of benzene rings is 1. The molecule has 2 aromatic heterocycles. The maximum absolute atomic E-state index is 4.29. The van der Waals surface area contributed by atoms with E-state index in [4.69, 9.17) is 0 Å². The predicted octanol–water partition coefficient (Wildman–Crippen LogP) is 1.68. The molecule has 3 heteroatoms. The Labute approximate surface area is 74.6 Å². The van der Waals surface area contributed by atoms with Crippen molar-refractivity contribution in [3.63, 3.8) is 0 Å². The Bertz CT molecular complexity index is 518. The molecule has 61 valence electrons. The number of hydrogen-bond donors (Lipinski definition) is 0. The topological polar surface area (TPSA) is 30.2 Å². The smallest absolute Gasteiger partial charge is 0.113 e. The van der Waals surface area contributed by atoms with Crippen molar-refractivity contribution in [3.05, 3.63) is 42.6 Å². The Morgan fingerprint density at radius 1 is 1.15 bits per heavy atom. The zero-order valence-electron chi connectivity index (χ0n) is 6.81. The standard InChI is InChI=1S/C10H6N3/c1-2-5-9-8(4-1)10-6-3-7-11-13(10)12-9/h1-6H. The lowest BCUT2D eigenvalue weighted by Crippen LogP contribution is -1.90. The molecule has 1 aromatic carbocycles. The van der Waals surface area contributed by atoms with E-state index in [1.165, 1.54) is 0 Å². The van der Waals surface area contributed by atoms with Crippen LogP contribution >= 0.6 is 0 Å². The lowest BCUT2D eigenvalue weighted by atomic mass is 10.2. The summed E-state index contributed by atoms with van der Waals surface area (Å²) in [5, 5.41) is 9.42. The highest BCUT2D eigenvalue weighted by molar-refractivity contribution is 5.93. The van der Waals surface area contributed by atoms with E-state index in [9.17, 15) is 0 Å². The third-order valence-corrected chi connectivity index (χ3v) is 2.07. The van der Waals surface area contributed by atoms with Gasteiger partial charge in [-0.25, -0.2) is 0 Å². The van der Waals surface area contributed by atoms with Crippen LogP contribution in [0.1, 0.15) is 0 Å². The first-order chi connectivity index (χ1) is 6.45. The van der Waals surface area contributed by atoms with Gasteiger partial charge in [-0.2, -0.15) is 0 Å². The minimum atomic E-state index is 0.967. The highest BCUT2D eigenvalue weighted by atomic mass is 15.4. The molecule has 0 aliphatic heterocycles. The summed E-state index contributed by atoms with van der Waals surface area (Å²) in [6.45, 7) is 0. The Kier molecular flexibility index (Phi) is 1.16. The van der Waals surface area contributed by atoms with Gasteiger partial charge in [0.15, 0.2) is 0 Å². The van der Waals surface area contributed by atoms with E-state index < -0.39 is 0 Å². The molecule has 3 aromatic rings. The Morgan fingerprint density at radius 3 is 3.08 bits per heavy atom. The molecule has 0 aliphatic carbocycles. The summed E-state index contributed by atoms with van der Waals surface area (Å²) in [4.78, 5) is 0. The summed E-state index contributed by atoms with van der Waals surface area (Å²) in [5.41, 5.74) is 1.99. The van der Waals surface area contributed by atoms with Crippen molar-refractivity contribution in [1.82, 2.24) is 14.8 Å². The summed E-state index contributed by atoms with van der Waals surface area (Å²) in [6.07, 6.45) is 2.75. The SMILES string of the molecule is [c]1ccc2c3ccccc3nn2n1. The van der Waals surface area contributed by atoms with Gasteiger partial charge in [0.05, 0.1) is 11.0 Å². The molecule has 0 fully saturated rings. The molecule has 1 radical (unpaired) electrons. The Hall–Kier alpha value is -1.90. The summed E-state index contributed by atoms with van der Waals surface area (Å²) >= 11 is 0. The zero-order valence-corrected chi connectivity index (χ0v) is 6.81. The van der Waals surface area contributed by atoms with Crippen molar-refractivity contribution in [3.8, 4) is 0 Å². The number of hydrogen-bond acceptors (Lipinski definition) is 2. The number of rotatable bonds is 0. The highest BCUT2D eigenvalue weighted by Crippen LogP contribution is 2.16. The molecule has 0 amide bonds. The minimum absolute atomic E-state index is 0.967. The van der Waals surface area contributed by atoms with Crippen molar-refractivity contribution < 1.29 is 0 Å². The summed E-state index contributed by atoms with van der Waals surface area (Å²) in [5.74, 6) is 0. The molecule has 0 saturated heterocycles. The minimum Gasteiger partial charge on any atom is -0.150 e. The number of nitrogens with zero attached hydrogens (tertiary/aromatic N) is 3. The maximum Gasteiger partial charge on any atom is 0.113 e. The van der Waals surface area contributed by atoms with Gasteiger partial charge < -0.3 is 0 Å². The van der Waals surface area contributed by atoms with Crippen molar-refractivity contribution in [2.75, 3.05) is 0 Å². The van der Waals surface area contributed by atoms with Crippen LogP contribution < -0.4 is 0 Å². The normalized spacial score (nSPS) is 11.1. The first-order valence-corrected chi connectivity index (χ1v) is 4.06. The van der Waals surface area contributed by atoms with E-state index in [0.29, 0.717) is 0 Å². The van der Waals surface area contributed by atoms with E-state index in [-0.39, 0.29) is 0 Å². The molecule has 3 rings (SSSR count). The second kappa shape index (κ2) is 2.29. The van der Waals surface area contributed by atoms with Crippen LogP contribution in [-0.2, 0) is 0 Å². The quantitative estimate of drug-likeness (QED) is 0.511. The lowest BCUT2D eigenvalue weighted by molar-refractivity contribution is 0.807. The molecule has 0 aliphatic rings. The van der Waals surface area contributed by atoms with Gasteiger partial charge in [0.25, 0.3) is 0 Å². The average molecular weight is 168 g/mol. The summed E-state index contributed by atoms with van der Waals surface area (Å²) in [7, 11) is 0. The van der Waals surface area contributed by atoms with Crippen LogP contribution in [0, 0.1) is 6.20 Å². The molecule has 0 saturated carbocycles. The van der Waals surface area contributed by atoms with Crippen LogP contribution in [0.15, 0.2) is 36.4 Å². The van der Waals surface area contributed by atoms with Crippen molar-refractivity contribution >= 4 is 16.4 Å². The van der Waals surface area contributed by atoms with E-state index in [0.717, 1.165) is 16.4 Å². The summed E-state index contributed by atoms with van der Waals surface area (Å²) in [6, 6.07) is 11.7. The van der Waals surface area contributed by atoms with Crippen LogP contribution in [0.4, 0.5) is 0 Å². The van der Waals surface area contributed by atoms with E-state index in [1.807, 2.05) is 30.3 Å². The van der Waals surface area contributed by atoms with Gasteiger partial charge in [-0.3, -0.25) is 0 Å². The molecular weight excluding hydrogens is 162 g/mol. The molecule has 0 unspecified atom stereocenters. The van der Waals surface area contributed by atoms with Crippen LogP contribution in [0.2, 0.25) is 0 Å². The first kappa shape index (κ1) is 6.60. The molecule has 0 N–H and O–H groups in total. The van der Waals surface area contributed by atoms with Crippen LogP contribution in [0.5, 0.6) is 0 Å². The van der Waals surface area contributed by atoms with Gasteiger partial charge in [0.2, 0.25) is 0 Å². The lowest BCUT2D eigenvalue weighted by Gasteiger charge is -1.87. The van der Waals surface area contributed by atoms with Gasteiger partial charge in [0, 0.05) is 5.39 Å². The second-order valence-corrected chi connectivity index (χ2v) is 2.85. The third kappa shape index (κ3) is 0.839. The molecule has 0 bridgehead atoms. The van der Waals surface area contributed by atoms with Crippen LogP contribution in [0.3, 0.4) is 0 Å². The van der Waals surface area contributed by atoms with Crippen molar-refractivity contribution in [2.24, 2.45) is 0 Å². The van der Waals surface area contributed by atoms with Gasteiger partial charge in [0.1, 0.15) is 6.20 Å². The van der Waals surface area contributed by atoms with Crippen LogP contribution in [0.25, 0.3) is 16.4 Å². The third-order valence-electron chi connectivity index (χ3n) is 2.07. The average Bonchev–Trinajstić information content (AvgIpc) is 2.56. The van der Waals surface area contributed by atoms with Crippen molar-refractivity contribution in [1.29, 1.82) is 0 Å².